The van der Waals surface area contributed by atoms with Gasteiger partial charge in [0.05, 0.1) is 11.7 Å². The van der Waals surface area contributed by atoms with Crippen LogP contribution in [0.3, 0.4) is 0 Å². The van der Waals surface area contributed by atoms with Crippen molar-refractivity contribution in [3.63, 3.8) is 0 Å². The van der Waals surface area contributed by atoms with Crippen molar-refractivity contribution < 1.29 is 13.2 Å². The number of halogens is 3. The van der Waals surface area contributed by atoms with Gasteiger partial charge in [0.15, 0.2) is 5.65 Å². The number of aryl methyl sites for hydroxylation is 1. The first-order valence-electron chi connectivity index (χ1n) is 8.21. The summed E-state index contributed by atoms with van der Waals surface area (Å²) in [4.78, 5) is 6.67. The van der Waals surface area contributed by atoms with Crippen molar-refractivity contribution in [3.8, 4) is 0 Å². The van der Waals surface area contributed by atoms with Crippen LogP contribution < -0.4 is 0 Å². The van der Waals surface area contributed by atoms with Crippen molar-refractivity contribution in [2.45, 2.75) is 44.4 Å². The molecule has 0 radical (unpaired) electrons. The van der Waals surface area contributed by atoms with E-state index in [0.717, 1.165) is 47.9 Å². The number of aromatic nitrogens is 3. The van der Waals surface area contributed by atoms with Gasteiger partial charge in [0, 0.05) is 23.6 Å². The third-order valence-corrected chi connectivity index (χ3v) is 6.02. The molecule has 2 saturated heterocycles. The molecule has 0 aromatic carbocycles. The highest BCUT2D eigenvalue weighted by molar-refractivity contribution is 7.99. The average molecular weight is 356 g/mol. The lowest BCUT2D eigenvalue weighted by atomic mass is 10.1. The topological polar surface area (TPSA) is 33.4 Å². The zero-order valence-corrected chi connectivity index (χ0v) is 14.2. The summed E-state index contributed by atoms with van der Waals surface area (Å²) >= 11 is 1.95. The van der Waals surface area contributed by atoms with Crippen LogP contribution in [-0.4, -0.2) is 43.6 Å². The molecule has 24 heavy (non-hydrogen) atoms. The number of hydrogen-bond acceptors (Lipinski definition) is 4. The van der Waals surface area contributed by atoms with Gasteiger partial charge in [0.25, 0.3) is 0 Å². The van der Waals surface area contributed by atoms with Gasteiger partial charge < -0.3 is 0 Å². The fraction of sp³-hybridized carbons (Fsp3) is 0.625. The van der Waals surface area contributed by atoms with Gasteiger partial charge >= 0.3 is 6.18 Å². The molecule has 8 heteroatoms. The molecule has 2 atom stereocenters. The molecule has 2 aromatic heterocycles. The Labute approximate surface area is 142 Å². The number of hydrogen-bond donors (Lipinski definition) is 0. The lowest BCUT2D eigenvalue weighted by Crippen LogP contribution is -2.34. The van der Waals surface area contributed by atoms with Crippen molar-refractivity contribution in [2.75, 3.05) is 18.1 Å². The summed E-state index contributed by atoms with van der Waals surface area (Å²) in [5, 5.41) is 4.31. The lowest BCUT2D eigenvalue weighted by Gasteiger charge is -2.28. The van der Waals surface area contributed by atoms with Crippen molar-refractivity contribution in [1.29, 1.82) is 0 Å². The Morgan fingerprint density at radius 1 is 1.25 bits per heavy atom. The summed E-state index contributed by atoms with van der Waals surface area (Å²) in [7, 11) is 0. The van der Waals surface area contributed by atoms with Gasteiger partial charge in [-0.2, -0.15) is 30.0 Å². The Hall–Kier alpha value is -1.28. The molecule has 2 aromatic rings. The quantitative estimate of drug-likeness (QED) is 0.822. The monoisotopic (exact) mass is 356 g/mol. The molecule has 0 N–H and O–H groups in total. The molecule has 0 bridgehead atoms. The summed E-state index contributed by atoms with van der Waals surface area (Å²) in [6.45, 7) is 2.59. The Morgan fingerprint density at radius 3 is 2.79 bits per heavy atom. The first-order valence-corrected chi connectivity index (χ1v) is 9.37. The molecule has 4 rings (SSSR count). The van der Waals surface area contributed by atoms with Crippen LogP contribution in [0.4, 0.5) is 13.2 Å². The van der Waals surface area contributed by atoms with E-state index in [1.807, 2.05) is 11.8 Å². The summed E-state index contributed by atoms with van der Waals surface area (Å²) in [5.41, 5.74) is 0.604. The third-order valence-electron chi connectivity index (χ3n) is 4.87. The second-order valence-electron chi connectivity index (χ2n) is 6.53. The third kappa shape index (κ3) is 2.79. The lowest BCUT2D eigenvalue weighted by molar-refractivity contribution is -0.142. The van der Waals surface area contributed by atoms with Crippen LogP contribution in [0.2, 0.25) is 0 Å². The highest BCUT2D eigenvalue weighted by atomic mass is 32.2. The number of likely N-dealkylation sites (tertiary alicyclic amines) is 1. The smallest absolute Gasteiger partial charge is 0.291 e. The van der Waals surface area contributed by atoms with Crippen molar-refractivity contribution >= 4 is 17.4 Å². The van der Waals surface area contributed by atoms with E-state index in [1.54, 1.807) is 13.0 Å². The molecule has 2 fully saturated rings. The summed E-state index contributed by atoms with van der Waals surface area (Å²) in [6.07, 6.45) is -1.27. The van der Waals surface area contributed by atoms with Crippen LogP contribution in [0.5, 0.6) is 0 Å². The molecule has 0 saturated carbocycles. The second kappa shape index (κ2) is 5.91. The minimum Gasteiger partial charge on any atom is -0.291 e. The molecule has 2 aliphatic heterocycles. The molecule has 4 heterocycles. The highest BCUT2D eigenvalue weighted by Crippen LogP contribution is 2.38. The van der Waals surface area contributed by atoms with E-state index in [2.05, 4.69) is 15.0 Å². The van der Waals surface area contributed by atoms with E-state index in [4.69, 9.17) is 0 Å². The van der Waals surface area contributed by atoms with Gasteiger partial charge in [-0.05, 0) is 44.6 Å². The van der Waals surface area contributed by atoms with Crippen LogP contribution >= 0.6 is 11.8 Å². The molecule has 4 nitrogen and oxygen atoms in total. The Kier molecular flexibility index (Phi) is 3.99. The maximum Gasteiger partial charge on any atom is 0.433 e. The number of alkyl halides is 3. The molecule has 0 amide bonds. The first-order chi connectivity index (χ1) is 11.4. The van der Waals surface area contributed by atoms with E-state index in [1.165, 1.54) is 0 Å². The number of nitrogens with zero attached hydrogens (tertiary/aromatic N) is 4. The normalized spacial score (nSPS) is 25.8. The summed E-state index contributed by atoms with van der Waals surface area (Å²) < 4.78 is 40.9. The van der Waals surface area contributed by atoms with Gasteiger partial charge in [-0.3, -0.25) is 4.90 Å². The van der Waals surface area contributed by atoms with E-state index >= 15 is 0 Å². The zero-order valence-electron chi connectivity index (χ0n) is 13.4. The van der Waals surface area contributed by atoms with Crippen LogP contribution in [0.15, 0.2) is 12.1 Å². The Bertz CT molecular complexity index is 752. The predicted molar refractivity (Wildman–Crippen MR) is 87.1 cm³/mol. The number of fused-ring (bicyclic) bond motifs is 1. The highest BCUT2D eigenvalue weighted by Gasteiger charge is 2.37. The molecular formula is C16H19F3N4S. The van der Waals surface area contributed by atoms with Crippen LogP contribution in [0.25, 0.3) is 5.65 Å². The largest absolute Gasteiger partial charge is 0.433 e. The summed E-state index contributed by atoms with van der Waals surface area (Å²) in [5.74, 6) is 2.27. The molecular weight excluding hydrogens is 337 g/mol. The molecule has 0 aliphatic carbocycles. The van der Waals surface area contributed by atoms with E-state index in [9.17, 15) is 13.2 Å². The van der Waals surface area contributed by atoms with Crippen LogP contribution in [-0.2, 0) is 6.18 Å². The predicted octanol–water partition coefficient (Wildman–Crippen LogP) is 3.70. The minimum absolute atomic E-state index is 0.108. The van der Waals surface area contributed by atoms with Gasteiger partial charge in [-0.25, -0.2) is 9.50 Å². The molecule has 130 valence electrons. The van der Waals surface area contributed by atoms with E-state index in [0.29, 0.717) is 17.4 Å². The number of thioether (sulfide) groups is 1. The fourth-order valence-electron chi connectivity index (χ4n) is 3.81. The van der Waals surface area contributed by atoms with Gasteiger partial charge in [-0.1, -0.05) is 0 Å². The van der Waals surface area contributed by atoms with Crippen molar-refractivity contribution in [3.05, 3.63) is 29.2 Å². The van der Waals surface area contributed by atoms with E-state index < -0.39 is 11.9 Å². The first kappa shape index (κ1) is 16.2. The molecule has 0 spiro atoms. The van der Waals surface area contributed by atoms with Gasteiger partial charge in [-0.15, -0.1) is 0 Å². The van der Waals surface area contributed by atoms with Gasteiger partial charge in [0.1, 0.15) is 5.69 Å². The van der Waals surface area contributed by atoms with Gasteiger partial charge in [0.2, 0.25) is 0 Å². The molecule has 2 aliphatic rings. The van der Waals surface area contributed by atoms with Crippen LogP contribution in [0.1, 0.15) is 42.4 Å². The minimum atomic E-state index is -4.44. The van der Waals surface area contributed by atoms with Crippen LogP contribution in [0, 0.1) is 6.92 Å². The summed E-state index contributed by atoms with van der Waals surface area (Å²) in [6, 6.07) is 3.41. The maximum atomic E-state index is 13.3. The van der Waals surface area contributed by atoms with Crippen molar-refractivity contribution in [1.82, 2.24) is 19.5 Å². The molecule has 0 unspecified atom stereocenters. The van der Waals surface area contributed by atoms with Crippen molar-refractivity contribution in [2.24, 2.45) is 0 Å². The Morgan fingerprint density at radius 2 is 2.08 bits per heavy atom. The standard InChI is InChI=1S/C16H19F3N4S/c1-10-7-14(16(17,18)19)23-15(20-10)8-12(21-23)13-3-2-5-22(13)11-4-6-24-9-11/h7-8,11,13H,2-6,9H2,1H3/t11-,13+/m1/s1. The van der Waals surface area contributed by atoms with E-state index in [-0.39, 0.29) is 11.7 Å². The maximum absolute atomic E-state index is 13.3. The number of rotatable bonds is 2. The second-order valence-corrected chi connectivity index (χ2v) is 7.68. The zero-order chi connectivity index (χ0) is 16.9. The SMILES string of the molecule is Cc1cc(C(F)(F)F)n2nc([C@@H]3CCCN3[C@@H]3CCSC3)cc2n1. The Balaban J connectivity index is 1.74. The fourth-order valence-corrected chi connectivity index (χ4v) is 5.05. The average Bonchev–Trinajstić information content (AvgIpc) is 3.23.